The Labute approximate surface area is 79.0 Å². The van der Waals surface area contributed by atoms with Gasteiger partial charge in [0.25, 0.3) is 5.91 Å². The van der Waals surface area contributed by atoms with E-state index in [1.807, 2.05) is 6.07 Å². The molecule has 5 heteroatoms. The van der Waals surface area contributed by atoms with E-state index in [1.54, 1.807) is 16.8 Å². The van der Waals surface area contributed by atoms with Crippen LogP contribution in [0.15, 0.2) is 10.8 Å². The van der Waals surface area contributed by atoms with Gasteiger partial charge in [-0.25, -0.2) is 0 Å². The molecule has 0 saturated heterocycles. The minimum Gasteiger partial charge on any atom is -0.339 e. The molecule has 1 amide bonds. The predicted octanol–water partition coefficient (Wildman–Crippen LogP) is 0.873. The summed E-state index contributed by atoms with van der Waals surface area (Å²) in [5.41, 5.74) is 0.684. The largest absolute Gasteiger partial charge is 0.339 e. The van der Waals surface area contributed by atoms with E-state index in [2.05, 4.69) is 5.32 Å². The quantitative estimate of drug-likeness (QED) is 0.705. The molecule has 0 aromatic carbocycles. The molecule has 13 heavy (non-hydrogen) atoms. The predicted molar refractivity (Wildman–Crippen MR) is 47.0 cm³/mol. The summed E-state index contributed by atoms with van der Waals surface area (Å²) in [7, 11) is 0. The van der Waals surface area contributed by atoms with Crippen molar-refractivity contribution in [3.8, 4) is 12.1 Å². The van der Waals surface area contributed by atoms with E-state index in [1.165, 1.54) is 11.3 Å². The summed E-state index contributed by atoms with van der Waals surface area (Å²) in [4.78, 5) is 11.2. The normalized spacial score (nSPS) is 8.46. The van der Waals surface area contributed by atoms with Gasteiger partial charge < -0.3 is 5.32 Å². The Hall–Kier alpha value is -1.85. The lowest BCUT2D eigenvalue weighted by Gasteiger charge is -1.96. The molecule has 0 atom stereocenters. The van der Waals surface area contributed by atoms with Crippen molar-refractivity contribution in [2.24, 2.45) is 0 Å². The second-order valence-electron chi connectivity index (χ2n) is 2.15. The van der Waals surface area contributed by atoms with Crippen molar-refractivity contribution < 1.29 is 4.79 Å². The smallest absolute Gasteiger partial charge is 0.254 e. The van der Waals surface area contributed by atoms with Gasteiger partial charge in [-0.2, -0.15) is 21.9 Å². The number of amides is 1. The van der Waals surface area contributed by atoms with Gasteiger partial charge in [-0.05, 0) is 0 Å². The van der Waals surface area contributed by atoms with E-state index in [0.717, 1.165) is 0 Å². The maximum Gasteiger partial charge on any atom is 0.254 e. The number of nitrogens with one attached hydrogen (secondary N) is 1. The Kier molecular flexibility index (Phi) is 3.02. The van der Waals surface area contributed by atoms with Gasteiger partial charge in [0.2, 0.25) is 0 Å². The summed E-state index contributed by atoms with van der Waals surface area (Å²) >= 11 is 1.29. The summed E-state index contributed by atoms with van der Waals surface area (Å²) in [6.45, 7) is -0.0421. The molecule has 64 valence electrons. The average Bonchev–Trinajstić information content (AvgIpc) is 2.61. The van der Waals surface area contributed by atoms with E-state index in [4.69, 9.17) is 10.5 Å². The van der Waals surface area contributed by atoms with Gasteiger partial charge in [0.05, 0.1) is 17.2 Å². The molecule has 0 aliphatic heterocycles. The van der Waals surface area contributed by atoms with Crippen LogP contribution in [-0.2, 0) is 0 Å². The maximum atomic E-state index is 11.2. The van der Waals surface area contributed by atoms with Crippen LogP contribution < -0.4 is 5.32 Å². The van der Waals surface area contributed by atoms with Crippen LogP contribution in [0.1, 0.15) is 15.9 Å². The van der Waals surface area contributed by atoms with Crippen LogP contribution in [0.3, 0.4) is 0 Å². The summed E-state index contributed by atoms with van der Waals surface area (Å²) in [5, 5.41) is 22.4. The Morgan fingerprint density at radius 3 is 2.92 bits per heavy atom. The summed E-state index contributed by atoms with van der Waals surface area (Å²) in [5.74, 6) is -0.376. The molecule has 0 unspecified atom stereocenters. The third-order valence-corrected chi connectivity index (χ3v) is 2.10. The van der Waals surface area contributed by atoms with Crippen molar-refractivity contribution in [2.45, 2.75) is 0 Å². The molecule has 1 aromatic heterocycles. The van der Waals surface area contributed by atoms with Crippen LogP contribution in [-0.4, -0.2) is 12.5 Å². The Morgan fingerprint density at radius 1 is 1.54 bits per heavy atom. The van der Waals surface area contributed by atoms with Crippen molar-refractivity contribution in [1.29, 1.82) is 10.5 Å². The fourth-order valence-electron chi connectivity index (χ4n) is 0.775. The first-order valence-electron chi connectivity index (χ1n) is 3.41. The fraction of sp³-hybridized carbons (Fsp3) is 0.125. The van der Waals surface area contributed by atoms with E-state index in [9.17, 15) is 4.79 Å². The molecule has 1 heterocycles. The van der Waals surface area contributed by atoms with Gasteiger partial charge in [0.1, 0.15) is 12.6 Å². The van der Waals surface area contributed by atoms with E-state index < -0.39 is 0 Å². The molecule has 0 saturated carbocycles. The van der Waals surface area contributed by atoms with Crippen molar-refractivity contribution in [1.82, 2.24) is 5.32 Å². The lowest BCUT2D eigenvalue weighted by atomic mass is 10.2. The Morgan fingerprint density at radius 2 is 2.31 bits per heavy atom. The molecule has 0 bridgehead atoms. The van der Waals surface area contributed by atoms with Crippen molar-refractivity contribution in [3.63, 3.8) is 0 Å². The van der Waals surface area contributed by atoms with Crippen molar-refractivity contribution in [3.05, 3.63) is 21.9 Å². The maximum absolute atomic E-state index is 11.2. The molecule has 4 nitrogen and oxygen atoms in total. The first-order valence-corrected chi connectivity index (χ1v) is 4.35. The lowest BCUT2D eigenvalue weighted by molar-refractivity contribution is 0.0958. The number of hydrogen-bond acceptors (Lipinski definition) is 4. The summed E-state index contributed by atoms with van der Waals surface area (Å²) in [6.07, 6.45) is 0. The number of carbonyl (C=O) groups is 1. The van der Waals surface area contributed by atoms with E-state index in [-0.39, 0.29) is 12.5 Å². The van der Waals surface area contributed by atoms with Gasteiger partial charge in [-0.3, -0.25) is 4.79 Å². The van der Waals surface area contributed by atoms with Crippen LogP contribution in [0.2, 0.25) is 0 Å². The minimum atomic E-state index is -0.376. The molecule has 0 aliphatic rings. The highest BCUT2D eigenvalue weighted by Gasteiger charge is 2.10. The standard InChI is InChI=1S/C8H5N3OS/c9-1-2-11-8(12)7-5-13-4-6(7)3-10/h4-5H,2H2,(H,11,12). The molecule has 1 N–H and O–H groups in total. The molecule has 0 spiro atoms. The molecular weight excluding hydrogens is 186 g/mol. The van der Waals surface area contributed by atoms with Crippen LogP contribution in [0.5, 0.6) is 0 Å². The number of rotatable bonds is 2. The van der Waals surface area contributed by atoms with Gasteiger partial charge >= 0.3 is 0 Å². The first kappa shape index (κ1) is 9.24. The number of nitrogens with zero attached hydrogens (tertiary/aromatic N) is 2. The van der Waals surface area contributed by atoms with Crippen LogP contribution >= 0.6 is 11.3 Å². The van der Waals surface area contributed by atoms with Crippen LogP contribution in [0.25, 0.3) is 0 Å². The van der Waals surface area contributed by atoms with Crippen LogP contribution in [0, 0.1) is 22.7 Å². The topological polar surface area (TPSA) is 76.7 Å². The number of thiophene rings is 1. The Balaban J connectivity index is 2.79. The monoisotopic (exact) mass is 191 g/mol. The molecule has 0 radical (unpaired) electrons. The fourth-order valence-corrected chi connectivity index (χ4v) is 1.53. The zero-order chi connectivity index (χ0) is 9.68. The van der Waals surface area contributed by atoms with Gasteiger partial charge in [0, 0.05) is 10.8 Å². The first-order chi connectivity index (χ1) is 6.29. The average molecular weight is 191 g/mol. The summed E-state index contributed by atoms with van der Waals surface area (Å²) in [6, 6.07) is 3.69. The molecule has 0 fully saturated rings. The molecular formula is C8H5N3OS. The lowest BCUT2D eigenvalue weighted by Crippen LogP contribution is -2.23. The van der Waals surface area contributed by atoms with Crippen molar-refractivity contribution >= 4 is 17.2 Å². The Bertz CT molecular complexity index is 396. The third-order valence-electron chi connectivity index (χ3n) is 1.36. The third kappa shape index (κ3) is 2.05. The van der Waals surface area contributed by atoms with Gasteiger partial charge in [-0.1, -0.05) is 0 Å². The number of nitriles is 2. The van der Waals surface area contributed by atoms with Gasteiger partial charge in [-0.15, -0.1) is 0 Å². The molecule has 0 aliphatic carbocycles. The van der Waals surface area contributed by atoms with Crippen molar-refractivity contribution in [2.75, 3.05) is 6.54 Å². The zero-order valence-electron chi connectivity index (χ0n) is 6.57. The minimum absolute atomic E-state index is 0.0421. The molecule has 1 aromatic rings. The SMILES string of the molecule is N#CCNC(=O)c1cscc1C#N. The number of hydrogen-bond donors (Lipinski definition) is 1. The highest BCUT2D eigenvalue weighted by Crippen LogP contribution is 2.13. The van der Waals surface area contributed by atoms with E-state index in [0.29, 0.717) is 11.1 Å². The molecule has 1 rings (SSSR count). The zero-order valence-corrected chi connectivity index (χ0v) is 7.39. The van der Waals surface area contributed by atoms with Gasteiger partial charge in [0.15, 0.2) is 0 Å². The second kappa shape index (κ2) is 4.24. The second-order valence-corrected chi connectivity index (χ2v) is 2.90. The van der Waals surface area contributed by atoms with Crippen LogP contribution in [0.4, 0.5) is 0 Å². The highest BCUT2D eigenvalue weighted by molar-refractivity contribution is 7.08. The van der Waals surface area contributed by atoms with E-state index >= 15 is 0 Å². The highest BCUT2D eigenvalue weighted by atomic mass is 32.1. The number of carbonyl (C=O) groups excluding carboxylic acids is 1. The summed E-state index contributed by atoms with van der Waals surface area (Å²) < 4.78 is 0.